The van der Waals surface area contributed by atoms with Crippen LogP contribution >= 0.6 is 11.8 Å². The quantitative estimate of drug-likeness (QED) is 0.607. The Morgan fingerprint density at radius 1 is 1.78 bits per heavy atom. The number of aliphatic carboxylic acids is 1. The first-order valence-corrected chi connectivity index (χ1v) is 3.80. The van der Waals surface area contributed by atoms with Crippen LogP contribution in [0.2, 0.25) is 0 Å². The smallest absolute Gasteiger partial charge is 0.324 e. The highest BCUT2D eigenvalue weighted by Gasteiger charge is 2.45. The fourth-order valence-corrected chi connectivity index (χ4v) is 1.19. The summed E-state index contributed by atoms with van der Waals surface area (Å²) in [5.74, 6) is -0.763. The highest BCUT2D eigenvalue weighted by Crippen LogP contribution is 2.30. The molecule has 52 valence electrons. The fraction of sp³-hybridized carbons (Fsp3) is 0.800. The van der Waals surface area contributed by atoms with Crippen LogP contribution in [0.4, 0.5) is 0 Å². The topological polar surface area (TPSA) is 46.5 Å². The van der Waals surface area contributed by atoms with Gasteiger partial charge in [0, 0.05) is 0 Å². The molecule has 0 spiro atoms. The summed E-state index contributed by atoms with van der Waals surface area (Å²) in [5, 5.41) is 8.58. The Hall–Kier alpha value is -0.220. The van der Waals surface area contributed by atoms with Crippen LogP contribution in [-0.4, -0.2) is 35.3 Å². The third kappa shape index (κ3) is 0.923. The first kappa shape index (κ1) is 6.89. The number of ether oxygens (including phenoxy) is 1. The van der Waals surface area contributed by atoms with Gasteiger partial charge in [0.25, 0.3) is 0 Å². The van der Waals surface area contributed by atoms with E-state index in [1.165, 1.54) is 11.8 Å². The maximum atomic E-state index is 10.4. The molecule has 0 unspecified atom stereocenters. The van der Waals surface area contributed by atoms with Gasteiger partial charge in [-0.3, -0.25) is 4.79 Å². The summed E-state index contributed by atoms with van der Waals surface area (Å²) >= 11 is 1.34. The summed E-state index contributed by atoms with van der Waals surface area (Å²) in [6.45, 7) is 0.701. The number of carboxylic acid groups (broad SMARTS) is 1. The van der Waals surface area contributed by atoms with Gasteiger partial charge in [0.1, 0.15) is 0 Å². The molecule has 0 aromatic rings. The second-order valence-corrected chi connectivity index (χ2v) is 3.19. The van der Waals surface area contributed by atoms with Crippen LogP contribution in [0.5, 0.6) is 0 Å². The minimum Gasteiger partial charge on any atom is -0.480 e. The van der Waals surface area contributed by atoms with Crippen LogP contribution in [0.25, 0.3) is 0 Å². The zero-order valence-corrected chi connectivity index (χ0v) is 5.90. The molecule has 0 aromatic heterocycles. The maximum Gasteiger partial charge on any atom is 0.324 e. The van der Waals surface area contributed by atoms with Crippen LogP contribution in [0.15, 0.2) is 0 Å². The van der Waals surface area contributed by atoms with E-state index in [1.807, 2.05) is 0 Å². The fourth-order valence-electron chi connectivity index (χ4n) is 0.616. The van der Waals surface area contributed by atoms with Crippen molar-refractivity contribution in [1.82, 2.24) is 0 Å². The molecule has 0 aromatic carbocycles. The monoisotopic (exact) mass is 148 g/mol. The molecule has 0 saturated carbocycles. The van der Waals surface area contributed by atoms with Crippen LogP contribution in [0.1, 0.15) is 0 Å². The molecule has 0 aliphatic carbocycles. The van der Waals surface area contributed by atoms with Crippen molar-refractivity contribution in [2.45, 2.75) is 4.75 Å². The summed E-state index contributed by atoms with van der Waals surface area (Å²) < 4.78 is 4.16. The van der Waals surface area contributed by atoms with Gasteiger partial charge in [-0.05, 0) is 6.26 Å². The van der Waals surface area contributed by atoms with Gasteiger partial charge in [0.2, 0.25) is 0 Å². The molecule has 1 aliphatic heterocycles. The summed E-state index contributed by atoms with van der Waals surface area (Å²) in [6.07, 6.45) is 1.79. The minimum atomic E-state index is -0.763. The third-order valence-electron chi connectivity index (χ3n) is 1.45. The number of carboxylic acids is 1. The van der Waals surface area contributed by atoms with Gasteiger partial charge < -0.3 is 9.84 Å². The number of rotatable bonds is 2. The van der Waals surface area contributed by atoms with E-state index in [-0.39, 0.29) is 0 Å². The van der Waals surface area contributed by atoms with Crippen molar-refractivity contribution in [3.8, 4) is 0 Å². The molecule has 0 amide bonds. The molecule has 4 heteroatoms. The predicted molar refractivity (Wildman–Crippen MR) is 34.7 cm³/mol. The maximum absolute atomic E-state index is 10.4. The number of thioether (sulfide) groups is 1. The van der Waals surface area contributed by atoms with Gasteiger partial charge in [-0.1, -0.05) is 0 Å². The molecule has 1 heterocycles. The molecule has 1 N–H and O–H groups in total. The van der Waals surface area contributed by atoms with E-state index in [1.54, 1.807) is 6.26 Å². The van der Waals surface area contributed by atoms with Gasteiger partial charge in [-0.25, -0.2) is 0 Å². The summed E-state index contributed by atoms with van der Waals surface area (Å²) in [7, 11) is 0. The normalized spacial score (nSPS) is 22.8. The Kier molecular flexibility index (Phi) is 1.68. The Morgan fingerprint density at radius 2 is 2.33 bits per heavy atom. The van der Waals surface area contributed by atoms with Gasteiger partial charge in [0.05, 0.1) is 13.2 Å². The molecule has 0 radical (unpaired) electrons. The first-order valence-electron chi connectivity index (χ1n) is 2.57. The van der Waals surface area contributed by atoms with Crippen molar-refractivity contribution in [2.75, 3.05) is 19.5 Å². The van der Waals surface area contributed by atoms with E-state index < -0.39 is 10.7 Å². The molecular formula is C5H8O3S. The highest BCUT2D eigenvalue weighted by atomic mass is 32.2. The lowest BCUT2D eigenvalue weighted by Gasteiger charge is -2.35. The minimum absolute atomic E-state index is 0.351. The summed E-state index contributed by atoms with van der Waals surface area (Å²) in [4.78, 5) is 10.4. The van der Waals surface area contributed by atoms with Crippen LogP contribution in [0, 0.1) is 0 Å². The zero-order valence-electron chi connectivity index (χ0n) is 5.09. The largest absolute Gasteiger partial charge is 0.480 e. The summed E-state index contributed by atoms with van der Waals surface area (Å²) in [5.41, 5.74) is 0. The Labute approximate surface area is 57.4 Å². The molecule has 0 atom stereocenters. The average Bonchev–Trinajstić information content (AvgIpc) is 1.62. The van der Waals surface area contributed by atoms with Crippen molar-refractivity contribution in [3.05, 3.63) is 0 Å². The average molecular weight is 148 g/mol. The van der Waals surface area contributed by atoms with E-state index in [2.05, 4.69) is 0 Å². The van der Waals surface area contributed by atoms with E-state index in [9.17, 15) is 4.79 Å². The molecule has 0 bridgehead atoms. The molecule has 1 fully saturated rings. The molecule has 1 rings (SSSR count). The van der Waals surface area contributed by atoms with Gasteiger partial charge in [-0.2, -0.15) is 0 Å². The second kappa shape index (κ2) is 2.19. The number of hydrogen-bond donors (Lipinski definition) is 1. The van der Waals surface area contributed by atoms with E-state index in [0.29, 0.717) is 13.2 Å². The standard InChI is InChI=1S/C5H8O3S/c1-9-5(4(6)7)2-8-3-5/h2-3H2,1H3,(H,6,7). The number of hydrogen-bond acceptors (Lipinski definition) is 3. The van der Waals surface area contributed by atoms with Crippen LogP contribution < -0.4 is 0 Å². The SMILES string of the molecule is CSC1(C(=O)O)COC1. The lowest BCUT2D eigenvalue weighted by atomic mass is 10.1. The van der Waals surface area contributed by atoms with Crippen LogP contribution in [-0.2, 0) is 9.53 Å². The summed E-state index contributed by atoms with van der Waals surface area (Å²) in [6, 6.07) is 0. The van der Waals surface area contributed by atoms with Crippen molar-refractivity contribution >= 4 is 17.7 Å². The zero-order chi connectivity index (χ0) is 6.91. The van der Waals surface area contributed by atoms with Gasteiger partial charge in [-0.15, -0.1) is 11.8 Å². The van der Waals surface area contributed by atoms with Crippen molar-refractivity contribution in [3.63, 3.8) is 0 Å². The van der Waals surface area contributed by atoms with Crippen molar-refractivity contribution in [2.24, 2.45) is 0 Å². The van der Waals surface area contributed by atoms with Crippen molar-refractivity contribution in [1.29, 1.82) is 0 Å². The molecular weight excluding hydrogens is 140 g/mol. The van der Waals surface area contributed by atoms with Crippen molar-refractivity contribution < 1.29 is 14.6 Å². The Bertz CT molecular complexity index is 125. The Balaban J connectivity index is 2.57. The molecule has 3 nitrogen and oxygen atoms in total. The van der Waals surface area contributed by atoms with E-state index in [4.69, 9.17) is 9.84 Å². The lowest BCUT2D eigenvalue weighted by molar-refractivity contribution is -0.151. The van der Waals surface area contributed by atoms with Crippen LogP contribution in [0.3, 0.4) is 0 Å². The predicted octanol–water partition coefficient (Wildman–Crippen LogP) is 0.203. The third-order valence-corrected chi connectivity index (χ3v) is 2.64. The second-order valence-electron chi connectivity index (χ2n) is 2.00. The lowest BCUT2D eigenvalue weighted by Crippen LogP contribution is -2.52. The van der Waals surface area contributed by atoms with E-state index >= 15 is 0 Å². The number of carbonyl (C=O) groups is 1. The first-order chi connectivity index (χ1) is 4.21. The van der Waals surface area contributed by atoms with E-state index in [0.717, 1.165) is 0 Å². The molecule has 9 heavy (non-hydrogen) atoms. The van der Waals surface area contributed by atoms with Gasteiger partial charge >= 0.3 is 5.97 Å². The Morgan fingerprint density at radius 3 is 2.33 bits per heavy atom. The molecule has 1 aliphatic rings. The highest BCUT2D eigenvalue weighted by molar-refractivity contribution is 8.00. The van der Waals surface area contributed by atoms with Gasteiger partial charge in [0.15, 0.2) is 4.75 Å². The molecule has 1 saturated heterocycles.